The molecule has 4 heterocycles. The van der Waals surface area contributed by atoms with Crippen molar-refractivity contribution in [2.75, 3.05) is 19.7 Å². The Balaban J connectivity index is 1.43. The van der Waals surface area contributed by atoms with Crippen molar-refractivity contribution in [1.29, 1.82) is 0 Å². The number of ether oxygens (including phenoxy) is 1. The number of hydrogen-bond acceptors (Lipinski definition) is 4. The lowest BCUT2D eigenvalue weighted by Crippen LogP contribution is -2.54. The molecule has 4 atom stereocenters. The van der Waals surface area contributed by atoms with Gasteiger partial charge in [-0.25, -0.2) is 9.18 Å². The number of nitrogens with zero attached hydrogens (tertiary/aromatic N) is 3. The fourth-order valence-electron chi connectivity index (χ4n) is 4.69. The van der Waals surface area contributed by atoms with E-state index >= 15 is 0 Å². The fraction of sp³-hybridized carbons (Fsp3) is 0.545. The van der Waals surface area contributed by atoms with E-state index in [0.717, 1.165) is 37.2 Å². The molecular formula is C22H29FN4O2. The molecule has 3 aliphatic heterocycles. The van der Waals surface area contributed by atoms with E-state index in [2.05, 4.69) is 21.4 Å². The molecule has 0 saturated carbocycles. The summed E-state index contributed by atoms with van der Waals surface area (Å²) in [5.41, 5.74) is 3.03. The van der Waals surface area contributed by atoms with Crippen LogP contribution in [0.2, 0.25) is 0 Å². The molecule has 156 valence electrons. The third-order valence-electron chi connectivity index (χ3n) is 6.13. The summed E-state index contributed by atoms with van der Waals surface area (Å²) in [4.78, 5) is 14.2. The highest BCUT2D eigenvalue weighted by Gasteiger charge is 2.42. The van der Waals surface area contributed by atoms with Crippen molar-refractivity contribution in [3.63, 3.8) is 0 Å². The Kier molecular flexibility index (Phi) is 5.58. The van der Waals surface area contributed by atoms with E-state index in [1.807, 2.05) is 25.6 Å². The Morgan fingerprint density at radius 2 is 2.10 bits per heavy atom. The van der Waals surface area contributed by atoms with Crippen LogP contribution in [0.25, 0.3) is 11.3 Å². The van der Waals surface area contributed by atoms with Crippen molar-refractivity contribution in [2.45, 2.75) is 44.7 Å². The maximum atomic E-state index is 13.2. The van der Waals surface area contributed by atoms with Crippen LogP contribution in [-0.4, -0.2) is 52.6 Å². The molecule has 0 spiro atoms. The Bertz CT molecular complexity index is 864. The summed E-state index contributed by atoms with van der Waals surface area (Å²) < 4.78 is 20.6. The average molecular weight is 400 g/mol. The van der Waals surface area contributed by atoms with Gasteiger partial charge >= 0.3 is 6.09 Å². The number of nitrogens with one attached hydrogen (secondary N) is 1. The first kappa shape index (κ1) is 19.9. The summed E-state index contributed by atoms with van der Waals surface area (Å²) in [6.45, 7) is 6.28. The number of rotatable bonds is 5. The van der Waals surface area contributed by atoms with Crippen LogP contribution < -0.4 is 5.32 Å². The molecule has 3 saturated heterocycles. The van der Waals surface area contributed by atoms with Crippen LogP contribution in [0.3, 0.4) is 0 Å². The first-order chi connectivity index (χ1) is 13.9. The number of halogens is 1. The highest BCUT2D eigenvalue weighted by molar-refractivity contribution is 5.67. The molecular weight excluding hydrogens is 371 g/mol. The molecule has 3 fully saturated rings. The molecule has 1 aromatic heterocycles. The monoisotopic (exact) mass is 400 g/mol. The topological polar surface area (TPSA) is 59.4 Å². The lowest BCUT2D eigenvalue weighted by molar-refractivity contribution is -0.00441. The van der Waals surface area contributed by atoms with Gasteiger partial charge in [-0.05, 0) is 69.5 Å². The Hall–Kier alpha value is -2.41. The molecule has 7 heteroatoms. The maximum absolute atomic E-state index is 13.2. The number of aryl methyl sites for hydroxylation is 1. The quantitative estimate of drug-likeness (QED) is 0.834. The highest BCUT2D eigenvalue weighted by atomic mass is 19.1. The lowest BCUT2D eigenvalue weighted by atomic mass is 9.74. The summed E-state index contributed by atoms with van der Waals surface area (Å²) in [6, 6.07) is 8.99. The summed E-state index contributed by atoms with van der Waals surface area (Å²) in [7, 11) is 1.98. The van der Waals surface area contributed by atoms with Gasteiger partial charge in [0.05, 0.1) is 5.69 Å². The van der Waals surface area contributed by atoms with Crippen molar-refractivity contribution >= 4 is 6.09 Å². The molecule has 1 amide bonds. The van der Waals surface area contributed by atoms with Gasteiger partial charge in [-0.2, -0.15) is 5.10 Å². The highest BCUT2D eigenvalue weighted by Crippen LogP contribution is 2.42. The molecule has 0 radical (unpaired) electrons. The minimum atomic E-state index is -0.338. The second-order valence-electron chi connectivity index (χ2n) is 8.52. The van der Waals surface area contributed by atoms with Crippen LogP contribution in [0.1, 0.15) is 38.3 Å². The van der Waals surface area contributed by atoms with Gasteiger partial charge < -0.3 is 10.1 Å². The number of aromatic nitrogens is 2. The summed E-state index contributed by atoms with van der Waals surface area (Å²) >= 11 is 0. The minimum Gasteiger partial charge on any atom is -0.448 e. The van der Waals surface area contributed by atoms with Gasteiger partial charge in [0.2, 0.25) is 0 Å². The Morgan fingerprint density at radius 1 is 1.34 bits per heavy atom. The van der Waals surface area contributed by atoms with Crippen LogP contribution in [0.5, 0.6) is 0 Å². The van der Waals surface area contributed by atoms with E-state index < -0.39 is 0 Å². The van der Waals surface area contributed by atoms with Crippen LogP contribution in [-0.2, 0) is 11.8 Å². The predicted molar refractivity (Wildman–Crippen MR) is 109 cm³/mol. The minimum absolute atomic E-state index is 0.0788. The summed E-state index contributed by atoms with van der Waals surface area (Å²) in [5, 5.41) is 7.45. The van der Waals surface area contributed by atoms with E-state index in [-0.39, 0.29) is 24.0 Å². The standard InChI is InChI=1S/C22H29FN4O2/c1-14(2)24-22(28)29-13-18-10-16-8-9-27(18)12-19(16)21-11-20(25-26(21)3)15-4-6-17(23)7-5-15/h4-7,11,14,16,18-19H,8-10,12-13H2,1-3H3,(H,24,28)/t16-,18+,19-/m0/s1. The molecule has 2 aromatic rings. The number of piperidine rings is 3. The van der Waals surface area contributed by atoms with Crippen LogP contribution in [0.15, 0.2) is 30.3 Å². The number of carbonyl (C=O) groups is 1. The van der Waals surface area contributed by atoms with E-state index in [1.165, 1.54) is 17.8 Å². The molecule has 29 heavy (non-hydrogen) atoms. The fourth-order valence-corrected chi connectivity index (χ4v) is 4.69. The number of benzene rings is 1. The number of amides is 1. The molecule has 0 aliphatic carbocycles. The smallest absolute Gasteiger partial charge is 0.407 e. The zero-order chi connectivity index (χ0) is 20.5. The molecule has 2 bridgehead atoms. The SMILES string of the molecule is CC(C)NC(=O)OC[C@H]1C[C@@H]2CCN1C[C@@H]2c1cc(-c2ccc(F)cc2)nn1C. The molecule has 5 rings (SSSR count). The van der Waals surface area contributed by atoms with E-state index in [0.29, 0.717) is 18.4 Å². The Morgan fingerprint density at radius 3 is 2.76 bits per heavy atom. The van der Waals surface area contributed by atoms with Crippen LogP contribution in [0.4, 0.5) is 9.18 Å². The van der Waals surface area contributed by atoms with Crippen molar-refractivity contribution in [2.24, 2.45) is 13.0 Å². The zero-order valence-corrected chi connectivity index (χ0v) is 17.3. The van der Waals surface area contributed by atoms with Crippen LogP contribution in [0, 0.1) is 11.7 Å². The van der Waals surface area contributed by atoms with Gasteiger partial charge in [0.15, 0.2) is 0 Å². The van der Waals surface area contributed by atoms with Crippen molar-refractivity contribution in [1.82, 2.24) is 20.0 Å². The number of carbonyl (C=O) groups excluding carboxylic acids is 1. The number of alkyl carbamates (subject to hydrolysis) is 1. The maximum Gasteiger partial charge on any atom is 0.407 e. The van der Waals surface area contributed by atoms with Crippen LogP contribution >= 0.6 is 0 Å². The number of hydrogen-bond donors (Lipinski definition) is 1. The molecule has 1 N–H and O–H groups in total. The van der Waals surface area contributed by atoms with Gasteiger partial charge in [-0.1, -0.05) is 0 Å². The summed E-state index contributed by atoms with van der Waals surface area (Å²) in [6.07, 6.45) is 1.84. The van der Waals surface area contributed by atoms with Crippen molar-refractivity contribution in [3.05, 3.63) is 41.8 Å². The number of fused-ring (bicyclic) bond motifs is 3. The largest absolute Gasteiger partial charge is 0.448 e. The van der Waals surface area contributed by atoms with E-state index in [9.17, 15) is 9.18 Å². The first-order valence-corrected chi connectivity index (χ1v) is 10.4. The van der Waals surface area contributed by atoms with E-state index in [4.69, 9.17) is 4.74 Å². The Labute approximate surface area is 171 Å². The first-order valence-electron chi connectivity index (χ1n) is 10.4. The van der Waals surface area contributed by atoms with Crippen molar-refractivity contribution in [3.8, 4) is 11.3 Å². The third-order valence-corrected chi connectivity index (χ3v) is 6.13. The van der Waals surface area contributed by atoms with Gasteiger partial charge in [-0.3, -0.25) is 9.58 Å². The lowest BCUT2D eigenvalue weighted by Gasteiger charge is -2.49. The van der Waals surface area contributed by atoms with Gasteiger partial charge in [-0.15, -0.1) is 0 Å². The van der Waals surface area contributed by atoms with Gasteiger partial charge in [0.1, 0.15) is 12.4 Å². The van der Waals surface area contributed by atoms with Crippen molar-refractivity contribution < 1.29 is 13.9 Å². The average Bonchev–Trinajstić information content (AvgIpc) is 3.08. The molecule has 1 unspecified atom stereocenters. The third kappa shape index (κ3) is 4.29. The zero-order valence-electron chi connectivity index (χ0n) is 17.3. The normalized spacial score (nSPS) is 26.0. The second-order valence-corrected chi connectivity index (χ2v) is 8.52. The van der Waals surface area contributed by atoms with Gasteiger partial charge in [0.25, 0.3) is 0 Å². The molecule has 3 aliphatic rings. The summed E-state index contributed by atoms with van der Waals surface area (Å²) in [5.74, 6) is 0.729. The van der Waals surface area contributed by atoms with E-state index in [1.54, 1.807) is 12.1 Å². The molecule has 1 aromatic carbocycles. The second kappa shape index (κ2) is 8.14. The van der Waals surface area contributed by atoms with Gasteiger partial charge in [0, 0.05) is 42.9 Å². The molecule has 6 nitrogen and oxygen atoms in total. The predicted octanol–water partition coefficient (Wildman–Crippen LogP) is 3.54.